The molecule has 13 heavy (non-hydrogen) atoms. The molecule has 0 unspecified atom stereocenters. The van der Waals surface area contributed by atoms with Crippen molar-refractivity contribution in [2.45, 2.75) is 39.2 Å². The molecule has 0 aromatic carbocycles. The van der Waals surface area contributed by atoms with Gasteiger partial charge in [-0.3, -0.25) is 4.79 Å². The van der Waals surface area contributed by atoms with Gasteiger partial charge in [0, 0.05) is 12.5 Å². The van der Waals surface area contributed by atoms with Crippen molar-refractivity contribution in [2.24, 2.45) is 11.8 Å². The summed E-state index contributed by atoms with van der Waals surface area (Å²) in [6.45, 7) is 5.34. The Labute approximate surface area is 79.5 Å². The predicted octanol–water partition coefficient (Wildman–Crippen LogP) is 1.49. The number of aliphatic carboxylic acids is 1. The van der Waals surface area contributed by atoms with Crippen LogP contribution < -0.4 is 5.32 Å². The topological polar surface area (TPSA) is 49.3 Å². The maximum atomic E-state index is 10.5. The average Bonchev–Trinajstić information content (AvgIpc) is 2.03. The van der Waals surface area contributed by atoms with E-state index in [0.717, 1.165) is 19.4 Å². The van der Waals surface area contributed by atoms with E-state index < -0.39 is 5.97 Å². The predicted molar refractivity (Wildman–Crippen MR) is 51.6 cm³/mol. The molecule has 0 spiro atoms. The van der Waals surface area contributed by atoms with Gasteiger partial charge in [-0.25, -0.2) is 0 Å². The van der Waals surface area contributed by atoms with E-state index in [1.807, 2.05) is 0 Å². The lowest BCUT2D eigenvalue weighted by atomic mass is 9.85. The number of hydrogen-bond donors (Lipinski definition) is 2. The Hall–Kier alpha value is -0.570. The molecule has 0 aromatic heterocycles. The first-order valence-electron chi connectivity index (χ1n) is 5.04. The van der Waals surface area contributed by atoms with Crippen molar-refractivity contribution in [3.8, 4) is 0 Å². The largest absolute Gasteiger partial charge is 0.481 e. The molecule has 76 valence electrons. The number of rotatable bonds is 3. The molecule has 1 fully saturated rings. The fourth-order valence-electron chi connectivity index (χ4n) is 1.97. The summed E-state index contributed by atoms with van der Waals surface area (Å²) in [5, 5.41) is 12.1. The molecule has 0 amide bonds. The molecule has 3 nitrogen and oxygen atoms in total. The molecular formula is C10H19NO2. The standard InChI is InChI=1S/C10H19NO2/c1-7(2)9-5-8(3-4-11-9)6-10(12)13/h7-9,11H,3-6H2,1-2H3,(H,12,13)/t8-,9-/m1/s1. The molecule has 0 aliphatic carbocycles. The van der Waals surface area contributed by atoms with Gasteiger partial charge in [0.15, 0.2) is 0 Å². The number of carboxylic acid groups (broad SMARTS) is 1. The summed E-state index contributed by atoms with van der Waals surface area (Å²) in [6.07, 6.45) is 2.37. The van der Waals surface area contributed by atoms with E-state index in [4.69, 9.17) is 5.11 Å². The molecule has 3 heteroatoms. The number of carbonyl (C=O) groups is 1. The Bertz CT molecular complexity index is 180. The van der Waals surface area contributed by atoms with Gasteiger partial charge in [-0.15, -0.1) is 0 Å². The van der Waals surface area contributed by atoms with E-state index in [9.17, 15) is 4.79 Å². The molecule has 0 aromatic rings. The highest BCUT2D eigenvalue weighted by Crippen LogP contribution is 2.23. The van der Waals surface area contributed by atoms with Crippen LogP contribution in [0.2, 0.25) is 0 Å². The van der Waals surface area contributed by atoms with Crippen molar-refractivity contribution < 1.29 is 9.90 Å². The third-order valence-electron chi connectivity index (χ3n) is 2.81. The second-order valence-electron chi connectivity index (χ2n) is 4.29. The minimum absolute atomic E-state index is 0.338. The van der Waals surface area contributed by atoms with Crippen LogP contribution in [0.4, 0.5) is 0 Å². The molecule has 1 aliphatic rings. The van der Waals surface area contributed by atoms with Gasteiger partial charge in [0.2, 0.25) is 0 Å². The van der Waals surface area contributed by atoms with Gasteiger partial charge in [-0.05, 0) is 31.2 Å². The minimum atomic E-state index is -0.658. The number of piperidine rings is 1. The van der Waals surface area contributed by atoms with E-state index >= 15 is 0 Å². The molecule has 1 aliphatic heterocycles. The fourth-order valence-corrected chi connectivity index (χ4v) is 1.97. The first-order valence-corrected chi connectivity index (χ1v) is 5.04. The van der Waals surface area contributed by atoms with Crippen LogP contribution in [0.3, 0.4) is 0 Å². The van der Waals surface area contributed by atoms with Crippen LogP contribution in [0.1, 0.15) is 33.1 Å². The van der Waals surface area contributed by atoms with Gasteiger partial charge in [-0.1, -0.05) is 13.8 Å². The summed E-state index contributed by atoms with van der Waals surface area (Å²) in [5.74, 6) is 0.331. The summed E-state index contributed by atoms with van der Waals surface area (Å²) in [6, 6.07) is 0.512. The molecule has 2 atom stereocenters. The number of hydrogen-bond acceptors (Lipinski definition) is 2. The monoisotopic (exact) mass is 185 g/mol. The zero-order chi connectivity index (χ0) is 9.84. The van der Waals surface area contributed by atoms with Crippen molar-refractivity contribution >= 4 is 5.97 Å². The Balaban J connectivity index is 2.37. The lowest BCUT2D eigenvalue weighted by Crippen LogP contribution is -2.41. The van der Waals surface area contributed by atoms with E-state index in [0.29, 0.717) is 24.3 Å². The summed E-state index contributed by atoms with van der Waals surface area (Å²) >= 11 is 0. The van der Waals surface area contributed by atoms with E-state index in [2.05, 4.69) is 19.2 Å². The van der Waals surface area contributed by atoms with Gasteiger partial charge in [-0.2, -0.15) is 0 Å². The maximum Gasteiger partial charge on any atom is 0.303 e. The highest BCUT2D eigenvalue weighted by Gasteiger charge is 2.24. The molecule has 1 saturated heterocycles. The zero-order valence-corrected chi connectivity index (χ0v) is 8.42. The Morgan fingerprint density at radius 2 is 2.31 bits per heavy atom. The second-order valence-corrected chi connectivity index (χ2v) is 4.29. The summed E-state index contributed by atoms with van der Waals surface area (Å²) in [5.41, 5.74) is 0. The van der Waals surface area contributed by atoms with Crippen molar-refractivity contribution in [3.05, 3.63) is 0 Å². The number of carboxylic acids is 1. The molecule has 0 saturated carbocycles. The van der Waals surface area contributed by atoms with E-state index in [-0.39, 0.29) is 0 Å². The molecule has 0 radical (unpaired) electrons. The van der Waals surface area contributed by atoms with Gasteiger partial charge in [0.05, 0.1) is 0 Å². The van der Waals surface area contributed by atoms with Crippen LogP contribution in [0, 0.1) is 11.8 Å². The van der Waals surface area contributed by atoms with Crippen molar-refractivity contribution in [1.29, 1.82) is 0 Å². The van der Waals surface area contributed by atoms with Crippen LogP contribution in [0.15, 0.2) is 0 Å². The molecule has 2 N–H and O–H groups in total. The molecule has 1 heterocycles. The van der Waals surface area contributed by atoms with Crippen LogP contribution >= 0.6 is 0 Å². The first-order chi connectivity index (χ1) is 6.09. The van der Waals surface area contributed by atoms with Gasteiger partial charge in [0.1, 0.15) is 0 Å². The zero-order valence-electron chi connectivity index (χ0n) is 8.42. The van der Waals surface area contributed by atoms with Crippen molar-refractivity contribution in [1.82, 2.24) is 5.32 Å². The Kier molecular flexibility index (Phi) is 3.72. The summed E-state index contributed by atoms with van der Waals surface area (Å²) in [4.78, 5) is 10.5. The fraction of sp³-hybridized carbons (Fsp3) is 0.900. The third-order valence-corrected chi connectivity index (χ3v) is 2.81. The maximum absolute atomic E-state index is 10.5. The third kappa shape index (κ3) is 3.35. The first kappa shape index (κ1) is 10.5. The minimum Gasteiger partial charge on any atom is -0.481 e. The van der Waals surface area contributed by atoms with Crippen LogP contribution in [0.25, 0.3) is 0 Å². The summed E-state index contributed by atoms with van der Waals surface area (Å²) in [7, 11) is 0. The van der Waals surface area contributed by atoms with E-state index in [1.165, 1.54) is 0 Å². The van der Waals surface area contributed by atoms with Crippen LogP contribution in [0.5, 0.6) is 0 Å². The smallest absolute Gasteiger partial charge is 0.303 e. The Morgan fingerprint density at radius 1 is 1.62 bits per heavy atom. The van der Waals surface area contributed by atoms with Gasteiger partial charge < -0.3 is 10.4 Å². The van der Waals surface area contributed by atoms with Crippen LogP contribution in [-0.4, -0.2) is 23.7 Å². The van der Waals surface area contributed by atoms with Crippen molar-refractivity contribution in [3.63, 3.8) is 0 Å². The Morgan fingerprint density at radius 3 is 2.85 bits per heavy atom. The molecule has 0 bridgehead atoms. The lowest BCUT2D eigenvalue weighted by Gasteiger charge is -2.32. The highest BCUT2D eigenvalue weighted by molar-refractivity contribution is 5.67. The van der Waals surface area contributed by atoms with Crippen LogP contribution in [-0.2, 0) is 4.79 Å². The van der Waals surface area contributed by atoms with Crippen molar-refractivity contribution in [2.75, 3.05) is 6.54 Å². The molecular weight excluding hydrogens is 166 g/mol. The average molecular weight is 185 g/mol. The van der Waals surface area contributed by atoms with E-state index in [1.54, 1.807) is 0 Å². The normalized spacial score (nSPS) is 29.2. The highest BCUT2D eigenvalue weighted by atomic mass is 16.4. The van der Waals surface area contributed by atoms with Gasteiger partial charge >= 0.3 is 5.97 Å². The van der Waals surface area contributed by atoms with Gasteiger partial charge in [0.25, 0.3) is 0 Å². The number of nitrogens with one attached hydrogen (secondary N) is 1. The SMILES string of the molecule is CC(C)[C@H]1C[C@H](CC(=O)O)CCN1. The quantitative estimate of drug-likeness (QED) is 0.700. The summed E-state index contributed by atoms with van der Waals surface area (Å²) < 4.78 is 0. The molecule has 1 rings (SSSR count). The lowest BCUT2D eigenvalue weighted by molar-refractivity contribution is -0.138. The second kappa shape index (κ2) is 4.61.